The van der Waals surface area contributed by atoms with Gasteiger partial charge in [0.2, 0.25) is 5.88 Å². The third-order valence-corrected chi connectivity index (χ3v) is 1.86. The first-order chi connectivity index (χ1) is 6.27. The van der Waals surface area contributed by atoms with Crippen LogP contribution >= 0.6 is 24.2 Å². The number of methoxy groups -OCH3 is 1. The lowest BCUT2D eigenvalue weighted by atomic mass is 10.2. The molecule has 0 spiro atoms. The Morgan fingerprint density at radius 2 is 2.46 bits per heavy atom. The van der Waals surface area contributed by atoms with Gasteiger partial charge in [0.1, 0.15) is 0 Å². The van der Waals surface area contributed by atoms with Crippen molar-refractivity contribution in [3.05, 3.63) is 28.9 Å². The van der Waals surface area contributed by atoms with Gasteiger partial charge in [-0.15, -0.1) is 0 Å². The van der Waals surface area contributed by atoms with Gasteiger partial charge < -0.3 is 4.74 Å². The van der Waals surface area contributed by atoms with Gasteiger partial charge in [-0.05, 0) is 6.07 Å². The predicted molar refractivity (Wildman–Crippen MR) is 58.7 cm³/mol. The molecule has 1 heterocycles. The largest absolute Gasteiger partial charge is 0.481 e. The Hall–Kier alpha value is -0.670. The molecule has 0 saturated carbocycles. The minimum absolute atomic E-state index is 0.572. The Bertz CT molecular complexity index is 314. The highest BCUT2D eigenvalue weighted by Crippen LogP contribution is 2.20. The minimum atomic E-state index is 0.572. The van der Waals surface area contributed by atoms with E-state index in [-0.39, 0.29) is 0 Å². The SMILES string of the molecule is COc1ncc(Cl)cc1C=CCS. The zero-order valence-corrected chi connectivity index (χ0v) is 8.85. The van der Waals surface area contributed by atoms with Crippen LogP contribution in [-0.4, -0.2) is 17.8 Å². The molecule has 0 atom stereocenters. The summed E-state index contributed by atoms with van der Waals surface area (Å²) < 4.78 is 5.05. The van der Waals surface area contributed by atoms with E-state index in [1.165, 1.54) is 0 Å². The number of rotatable bonds is 3. The summed E-state index contributed by atoms with van der Waals surface area (Å²) >= 11 is 9.84. The maximum Gasteiger partial charge on any atom is 0.220 e. The second-order valence-corrected chi connectivity index (χ2v) is 3.14. The van der Waals surface area contributed by atoms with E-state index < -0.39 is 0 Å². The van der Waals surface area contributed by atoms with Crippen molar-refractivity contribution >= 4 is 30.3 Å². The smallest absolute Gasteiger partial charge is 0.220 e. The number of pyridine rings is 1. The van der Waals surface area contributed by atoms with E-state index in [4.69, 9.17) is 16.3 Å². The Morgan fingerprint density at radius 3 is 3.08 bits per heavy atom. The minimum Gasteiger partial charge on any atom is -0.481 e. The third kappa shape index (κ3) is 2.94. The van der Waals surface area contributed by atoms with Crippen LogP contribution in [0.1, 0.15) is 5.56 Å². The second kappa shape index (κ2) is 5.14. The van der Waals surface area contributed by atoms with E-state index in [0.29, 0.717) is 16.7 Å². The predicted octanol–water partition coefficient (Wildman–Crippen LogP) is 2.69. The standard InChI is InChI=1S/C9H10ClNOS/c1-12-9-7(3-2-4-13)5-8(10)6-11-9/h2-3,5-6,13H,4H2,1H3. The maximum absolute atomic E-state index is 5.78. The number of nitrogens with zero attached hydrogens (tertiary/aromatic N) is 1. The average molecular weight is 216 g/mol. The molecule has 0 amide bonds. The number of halogens is 1. The van der Waals surface area contributed by atoms with Gasteiger partial charge >= 0.3 is 0 Å². The number of ether oxygens (including phenoxy) is 1. The van der Waals surface area contributed by atoms with Crippen LogP contribution in [0.25, 0.3) is 6.08 Å². The lowest BCUT2D eigenvalue weighted by Gasteiger charge is -2.02. The first-order valence-electron chi connectivity index (χ1n) is 3.75. The van der Waals surface area contributed by atoms with E-state index in [1.807, 2.05) is 12.2 Å². The van der Waals surface area contributed by atoms with E-state index in [0.717, 1.165) is 5.56 Å². The number of thiol groups is 1. The Morgan fingerprint density at radius 1 is 1.69 bits per heavy atom. The average Bonchev–Trinajstić information content (AvgIpc) is 2.15. The molecule has 1 rings (SSSR count). The summed E-state index contributed by atoms with van der Waals surface area (Å²) in [6, 6.07) is 1.80. The quantitative estimate of drug-likeness (QED) is 0.784. The van der Waals surface area contributed by atoms with Crippen LogP contribution in [0.3, 0.4) is 0 Å². The van der Waals surface area contributed by atoms with E-state index in [1.54, 1.807) is 19.4 Å². The van der Waals surface area contributed by atoms with E-state index in [2.05, 4.69) is 17.6 Å². The summed E-state index contributed by atoms with van der Waals surface area (Å²) in [4.78, 5) is 4.02. The summed E-state index contributed by atoms with van der Waals surface area (Å²) in [5.74, 6) is 1.25. The molecule has 0 aromatic carbocycles. The lowest BCUT2D eigenvalue weighted by molar-refractivity contribution is 0.397. The third-order valence-electron chi connectivity index (χ3n) is 1.44. The second-order valence-electron chi connectivity index (χ2n) is 2.34. The van der Waals surface area contributed by atoms with Crippen LogP contribution in [0.15, 0.2) is 18.3 Å². The summed E-state index contributed by atoms with van der Waals surface area (Å²) in [7, 11) is 1.58. The number of hydrogen-bond donors (Lipinski definition) is 1. The topological polar surface area (TPSA) is 22.1 Å². The lowest BCUT2D eigenvalue weighted by Crippen LogP contribution is -1.90. The normalized spacial score (nSPS) is 10.7. The molecule has 0 aliphatic carbocycles. The molecule has 4 heteroatoms. The Balaban J connectivity index is 3.01. The van der Waals surface area contributed by atoms with Crippen molar-refractivity contribution < 1.29 is 4.74 Å². The van der Waals surface area contributed by atoms with Gasteiger partial charge in [0.15, 0.2) is 0 Å². The van der Waals surface area contributed by atoms with Crippen LogP contribution in [0, 0.1) is 0 Å². The zero-order valence-electron chi connectivity index (χ0n) is 7.20. The van der Waals surface area contributed by atoms with Crippen molar-refractivity contribution in [2.24, 2.45) is 0 Å². The van der Waals surface area contributed by atoms with Crippen LogP contribution < -0.4 is 4.74 Å². The molecule has 0 unspecified atom stereocenters. The highest BCUT2D eigenvalue weighted by atomic mass is 35.5. The van der Waals surface area contributed by atoms with Crippen molar-refractivity contribution in [1.82, 2.24) is 4.98 Å². The van der Waals surface area contributed by atoms with Crippen LogP contribution in [0.2, 0.25) is 5.02 Å². The molecule has 0 bridgehead atoms. The van der Waals surface area contributed by atoms with Gasteiger partial charge in [-0.2, -0.15) is 12.6 Å². The fourth-order valence-electron chi connectivity index (χ4n) is 0.912. The molecular weight excluding hydrogens is 206 g/mol. The summed E-state index contributed by atoms with van der Waals surface area (Å²) in [6.45, 7) is 0. The van der Waals surface area contributed by atoms with Crippen LogP contribution in [-0.2, 0) is 0 Å². The molecule has 0 fully saturated rings. The molecule has 0 N–H and O–H groups in total. The highest BCUT2D eigenvalue weighted by Gasteiger charge is 2.00. The molecule has 1 aromatic rings. The Labute approximate surface area is 88.0 Å². The highest BCUT2D eigenvalue weighted by molar-refractivity contribution is 7.80. The fourth-order valence-corrected chi connectivity index (χ4v) is 1.18. The van der Waals surface area contributed by atoms with Gasteiger partial charge in [0.25, 0.3) is 0 Å². The first-order valence-corrected chi connectivity index (χ1v) is 4.76. The fraction of sp³-hybridized carbons (Fsp3) is 0.222. The van der Waals surface area contributed by atoms with Crippen LogP contribution in [0.4, 0.5) is 0 Å². The van der Waals surface area contributed by atoms with E-state index >= 15 is 0 Å². The van der Waals surface area contributed by atoms with Crippen molar-refractivity contribution in [1.29, 1.82) is 0 Å². The van der Waals surface area contributed by atoms with Crippen molar-refractivity contribution in [3.8, 4) is 5.88 Å². The molecule has 0 saturated heterocycles. The molecule has 2 nitrogen and oxygen atoms in total. The molecule has 0 aliphatic rings. The van der Waals surface area contributed by atoms with E-state index in [9.17, 15) is 0 Å². The maximum atomic E-state index is 5.78. The van der Waals surface area contributed by atoms with Gasteiger partial charge in [0.05, 0.1) is 12.1 Å². The number of hydrogen-bond acceptors (Lipinski definition) is 3. The molecular formula is C9H10ClNOS. The van der Waals surface area contributed by atoms with Crippen LogP contribution in [0.5, 0.6) is 5.88 Å². The number of aromatic nitrogens is 1. The molecule has 0 aliphatic heterocycles. The first kappa shape index (κ1) is 10.4. The summed E-state index contributed by atoms with van der Waals surface area (Å²) in [6.07, 6.45) is 5.34. The monoisotopic (exact) mass is 215 g/mol. The van der Waals surface area contributed by atoms with Crippen molar-refractivity contribution in [2.45, 2.75) is 0 Å². The molecule has 13 heavy (non-hydrogen) atoms. The summed E-state index contributed by atoms with van der Waals surface area (Å²) in [5.41, 5.74) is 0.865. The van der Waals surface area contributed by atoms with Crippen molar-refractivity contribution in [3.63, 3.8) is 0 Å². The van der Waals surface area contributed by atoms with Gasteiger partial charge in [-0.1, -0.05) is 23.8 Å². The molecule has 1 aromatic heterocycles. The zero-order chi connectivity index (χ0) is 9.68. The van der Waals surface area contributed by atoms with Crippen molar-refractivity contribution in [2.75, 3.05) is 12.9 Å². The Kier molecular flexibility index (Phi) is 4.12. The van der Waals surface area contributed by atoms with Gasteiger partial charge in [0, 0.05) is 17.5 Å². The molecule has 0 radical (unpaired) electrons. The summed E-state index contributed by atoms with van der Waals surface area (Å²) in [5, 5.41) is 0.597. The van der Waals surface area contributed by atoms with Gasteiger partial charge in [-0.3, -0.25) is 0 Å². The molecule has 70 valence electrons. The van der Waals surface area contributed by atoms with Gasteiger partial charge in [-0.25, -0.2) is 4.98 Å².